The third kappa shape index (κ3) is 3.74. The summed E-state index contributed by atoms with van der Waals surface area (Å²) in [5.74, 6) is -0.333. The van der Waals surface area contributed by atoms with E-state index in [-0.39, 0.29) is 12.4 Å². The highest BCUT2D eigenvalue weighted by Gasteiger charge is 2.31. The van der Waals surface area contributed by atoms with E-state index in [4.69, 9.17) is 5.11 Å². The number of rotatable bonds is 3. The van der Waals surface area contributed by atoms with Crippen LogP contribution in [0.15, 0.2) is 42.5 Å². The first-order valence-electron chi connectivity index (χ1n) is 5.95. The van der Waals surface area contributed by atoms with E-state index in [0.29, 0.717) is 11.1 Å². The number of ether oxygens (including phenoxy) is 1. The minimum Gasteiger partial charge on any atom is -0.406 e. The van der Waals surface area contributed by atoms with E-state index in [9.17, 15) is 13.2 Å². The maximum absolute atomic E-state index is 12.3. The largest absolute Gasteiger partial charge is 0.573 e. The van der Waals surface area contributed by atoms with Gasteiger partial charge in [-0.2, -0.15) is 0 Å². The van der Waals surface area contributed by atoms with Gasteiger partial charge in [-0.25, -0.2) is 0 Å². The predicted molar refractivity (Wildman–Crippen MR) is 69.2 cm³/mol. The van der Waals surface area contributed by atoms with Gasteiger partial charge in [-0.1, -0.05) is 29.8 Å². The Balaban J connectivity index is 2.45. The number of aryl methyl sites for hydroxylation is 1. The van der Waals surface area contributed by atoms with Crippen LogP contribution in [-0.2, 0) is 6.61 Å². The smallest absolute Gasteiger partial charge is 0.406 e. The van der Waals surface area contributed by atoms with Crippen LogP contribution in [0.25, 0.3) is 11.1 Å². The molecule has 106 valence electrons. The third-order valence-electron chi connectivity index (χ3n) is 2.73. The van der Waals surface area contributed by atoms with E-state index in [1.54, 1.807) is 12.1 Å². The van der Waals surface area contributed by atoms with Crippen LogP contribution >= 0.6 is 0 Å². The maximum atomic E-state index is 12.3. The topological polar surface area (TPSA) is 29.5 Å². The standard InChI is InChI=1S/C15H13F3O2/c1-10-3-2-4-12(5-10)13-6-11(9-19)7-14(8-13)20-15(16,17)18/h2-8,19H,9H2,1H3. The molecule has 0 saturated carbocycles. The minimum absolute atomic E-state index is 0.333. The van der Waals surface area contributed by atoms with Gasteiger partial charge < -0.3 is 9.84 Å². The molecule has 20 heavy (non-hydrogen) atoms. The summed E-state index contributed by atoms with van der Waals surface area (Å²) in [5, 5.41) is 9.15. The van der Waals surface area contributed by atoms with E-state index in [2.05, 4.69) is 4.74 Å². The van der Waals surface area contributed by atoms with Gasteiger partial charge in [0.25, 0.3) is 0 Å². The van der Waals surface area contributed by atoms with Crippen molar-refractivity contribution in [3.05, 3.63) is 53.6 Å². The summed E-state index contributed by atoms with van der Waals surface area (Å²) in [4.78, 5) is 0. The van der Waals surface area contributed by atoms with Crippen molar-refractivity contribution >= 4 is 0 Å². The van der Waals surface area contributed by atoms with E-state index >= 15 is 0 Å². The lowest BCUT2D eigenvalue weighted by atomic mass is 10.0. The molecule has 0 heterocycles. The summed E-state index contributed by atoms with van der Waals surface area (Å²) in [6.45, 7) is 1.54. The van der Waals surface area contributed by atoms with E-state index < -0.39 is 6.36 Å². The number of aliphatic hydroxyl groups is 1. The van der Waals surface area contributed by atoms with Crippen molar-refractivity contribution in [3.8, 4) is 16.9 Å². The van der Waals surface area contributed by atoms with Crippen LogP contribution < -0.4 is 4.74 Å². The third-order valence-corrected chi connectivity index (χ3v) is 2.73. The lowest BCUT2D eigenvalue weighted by Crippen LogP contribution is -2.17. The van der Waals surface area contributed by atoms with E-state index in [1.165, 1.54) is 12.1 Å². The van der Waals surface area contributed by atoms with Crippen molar-refractivity contribution in [3.63, 3.8) is 0 Å². The van der Waals surface area contributed by atoms with Gasteiger partial charge in [0.2, 0.25) is 0 Å². The number of hydrogen-bond donors (Lipinski definition) is 1. The Morgan fingerprint density at radius 2 is 1.80 bits per heavy atom. The summed E-state index contributed by atoms with van der Waals surface area (Å²) < 4.78 is 40.8. The summed E-state index contributed by atoms with van der Waals surface area (Å²) in [6.07, 6.45) is -4.75. The van der Waals surface area contributed by atoms with Gasteiger partial charge in [-0.05, 0) is 41.8 Å². The first-order valence-corrected chi connectivity index (χ1v) is 5.95. The first-order chi connectivity index (χ1) is 9.37. The van der Waals surface area contributed by atoms with E-state index in [0.717, 1.165) is 11.1 Å². The Bertz CT molecular complexity index is 606. The summed E-state index contributed by atoms with van der Waals surface area (Å²) in [7, 11) is 0. The van der Waals surface area contributed by atoms with Crippen LogP contribution in [0, 0.1) is 6.92 Å². The Morgan fingerprint density at radius 3 is 2.40 bits per heavy atom. The second-order valence-electron chi connectivity index (χ2n) is 4.44. The molecular formula is C15H13F3O2. The van der Waals surface area contributed by atoms with Crippen molar-refractivity contribution in [2.75, 3.05) is 0 Å². The summed E-state index contributed by atoms with van der Waals surface area (Å²) in [6, 6.07) is 11.5. The molecule has 0 bridgehead atoms. The predicted octanol–water partition coefficient (Wildman–Crippen LogP) is 4.05. The maximum Gasteiger partial charge on any atom is 0.573 e. The van der Waals surface area contributed by atoms with Gasteiger partial charge in [-0.15, -0.1) is 13.2 Å². The lowest BCUT2D eigenvalue weighted by Gasteiger charge is -2.12. The fraction of sp³-hybridized carbons (Fsp3) is 0.200. The Hall–Kier alpha value is -2.01. The monoisotopic (exact) mass is 282 g/mol. The van der Waals surface area contributed by atoms with Crippen molar-refractivity contribution in [2.45, 2.75) is 19.9 Å². The molecular weight excluding hydrogens is 269 g/mol. The van der Waals surface area contributed by atoms with E-state index in [1.807, 2.05) is 25.1 Å². The van der Waals surface area contributed by atoms with Gasteiger partial charge in [0.15, 0.2) is 0 Å². The average molecular weight is 282 g/mol. The van der Waals surface area contributed by atoms with Crippen molar-refractivity contribution < 1.29 is 23.0 Å². The normalized spacial score (nSPS) is 11.4. The van der Waals surface area contributed by atoms with Crippen LogP contribution in [-0.4, -0.2) is 11.5 Å². The molecule has 2 aromatic carbocycles. The van der Waals surface area contributed by atoms with Gasteiger partial charge in [-0.3, -0.25) is 0 Å². The number of halogens is 3. The highest BCUT2D eigenvalue weighted by atomic mass is 19.4. The molecule has 0 radical (unpaired) electrons. The number of aliphatic hydroxyl groups excluding tert-OH is 1. The fourth-order valence-electron chi connectivity index (χ4n) is 1.94. The molecule has 1 N–H and O–H groups in total. The van der Waals surface area contributed by atoms with Crippen molar-refractivity contribution in [2.24, 2.45) is 0 Å². The number of alkyl halides is 3. The van der Waals surface area contributed by atoms with Crippen LogP contribution in [0.2, 0.25) is 0 Å². The zero-order chi connectivity index (χ0) is 14.8. The zero-order valence-electron chi connectivity index (χ0n) is 10.7. The Labute approximate surface area is 114 Å². The quantitative estimate of drug-likeness (QED) is 0.920. The van der Waals surface area contributed by atoms with Crippen LogP contribution in [0.4, 0.5) is 13.2 Å². The highest BCUT2D eigenvalue weighted by molar-refractivity contribution is 5.66. The van der Waals surface area contributed by atoms with Crippen LogP contribution in [0.3, 0.4) is 0 Å². The zero-order valence-corrected chi connectivity index (χ0v) is 10.7. The second kappa shape index (κ2) is 5.54. The van der Waals surface area contributed by atoms with Crippen molar-refractivity contribution in [1.29, 1.82) is 0 Å². The second-order valence-corrected chi connectivity index (χ2v) is 4.44. The molecule has 0 aliphatic carbocycles. The minimum atomic E-state index is -4.75. The number of benzene rings is 2. The molecule has 0 aliphatic heterocycles. The Morgan fingerprint density at radius 1 is 1.05 bits per heavy atom. The molecule has 2 rings (SSSR count). The Kier molecular flexibility index (Phi) is 3.99. The molecule has 5 heteroatoms. The van der Waals surface area contributed by atoms with Gasteiger partial charge in [0.1, 0.15) is 5.75 Å². The molecule has 2 nitrogen and oxygen atoms in total. The molecule has 0 unspecified atom stereocenters. The van der Waals surface area contributed by atoms with Crippen molar-refractivity contribution in [1.82, 2.24) is 0 Å². The highest BCUT2D eigenvalue weighted by Crippen LogP contribution is 2.30. The molecule has 0 aliphatic rings. The fourth-order valence-corrected chi connectivity index (χ4v) is 1.94. The molecule has 2 aromatic rings. The molecule has 0 aromatic heterocycles. The van der Waals surface area contributed by atoms with Crippen LogP contribution in [0.5, 0.6) is 5.75 Å². The summed E-state index contributed by atoms with van der Waals surface area (Å²) >= 11 is 0. The number of hydrogen-bond acceptors (Lipinski definition) is 2. The molecule has 0 spiro atoms. The van der Waals surface area contributed by atoms with Gasteiger partial charge >= 0.3 is 6.36 Å². The molecule has 0 fully saturated rings. The molecule has 0 atom stereocenters. The first kappa shape index (κ1) is 14.4. The SMILES string of the molecule is Cc1cccc(-c2cc(CO)cc(OC(F)(F)F)c2)c1. The average Bonchev–Trinajstić information content (AvgIpc) is 2.36. The molecule has 0 saturated heterocycles. The van der Waals surface area contributed by atoms with Crippen LogP contribution in [0.1, 0.15) is 11.1 Å². The summed E-state index contributed by atoms with van der Waals surface area (Å²) in [5.41, 5.74) is 2.70. The molecule has 0 amide bonds. The van der Waals surface area contributed by atoms with Gasteiger partial charge in [0.05, 0.1) is 6.61 Å². The lowest BCUT2D eigenvalue weighted by molar-refractivity contribution is -0.274. The van der Waals surface area contributed by atoms with Gasteiger partial charge in [0, 0.05) is 0 Å².